The van der Waals surface area contributed by atoms with Crippen LogP contribution in [0.15, 0.2) is 36.4 Å². The maximum atomic E-state index is 13.9. The zero-order valence-corrected chi connectivity index (χ0v) is 15.7. The second kappa shape index (κ2) is 6.34. The van der Waals surface area contributed by atoms with Crippen molar-refractivity contribution in [1.82, 2.24) is 9.47 Å². The summed E-state index contributed by atoms with van der Waals surface area (Å²) in [5.74, 6) is -0.558. The van der Waals surface area contributed by atoms with Gasteiger partial charge in [-0.15, -0.1) is 0 Å². The van der Waals surface area contributed by atoms with E-state index < -0.39 is 0 Å². The van der Waals surface area contributed by atoms with Crippen molar-refractivity contribution in [3.8, 4) is 0 Å². The molecule has 4 rings (SSSR count). The monoisotopic (exact) mass is 356 g/mol. The van der Waals surface area contributed by atoms with Gasteiger partial charge in [-0.1, -0.05) is 20.8 Å². The molecule has 1 aromatic heterocycles. The predicted molar refractivity (Wildman–Crippen MR) is 104 cm³/mol. The van der Waals surface area contributed by atoms with Gasteiger partial charge in [0.15, 0.2) is 0 Å². The molecule has 0 saturated carbocycles. The van der Waals surface area contributed by atoms with Gasteiger partial charge in [0, 0.05) is 40.9 Å². The Morgan fingerprint density at radius 2 is 1.54 bits per heavy atom. The highest BCUT2D eigenvalue weighted by Crippen LogP contribution is 2.36. The van der Waals surface area contributed by atoms with Crippen LogP contribution in [-0.2, 0) is 0 Å². The molecule has 0 N–H and O–H groups in total. The molecule has 3 aromatic rings. The normalized spacial score (nSPS) is 19.5. The van der Waals surface area contributed by atoms with Gasteiger partial charge in [-0.25, -0.2) is 8.78 Å². The first-order valence-corrected chi connectivity index (χ1v) is 9.43. The molecule has 4 heteroatoms. The third-order valence-corrected chi connectivity index (χ3v) is 5.27. The molecule has 2 nitrogen and oxygen atoms in total. The molecule has 26 heavy (non-hydrogen) atoms. The van der Waals surface area contributed by atoms with Crippen molar-refractivity contribution in [3.63, 3.8) is 0 Å². The van der Waals surface area contributed by atoms with Gasteiger partial charge in [0.1, 0.15) is 11.6 Å². The summed E-state index contributed by atoms with van der Waals surface area (Å²) >= 11 is 0. The van der Waals surface area contributed by atoms with Crippen LogP contribution in [-0.4, -0.2) is 29.1 Å². The number of likely N-dealkylation sites (tertiary alicyclic amines) is 1. The van der Waals surface area contributed by atoms with Crippen molar-refractivity contribution in [2.45, 2.75) is 39.7 Å². The minimum Gasteiger partial charge on any atom is -0.336 e. The third kappa shape index (κ3) is 3.23. The molecule has 0 radical (unpaired) electrons. The van der Waals surface area contributed by atoms with Crippen LogP contribution in [0.2, 0.25) is 0 Å². The molecule has 1 saturated heterocycles. The summed E-state index contributed by atoms with van der Waals surface area (Å²) in [7, 11) is 0. The van der Waals surface area contributed by atoms with Gasteiger partial charge in [-0.05, 0) is 61.2 Å². The summed E-state index contributed by atoms with van der Waals surface area (Å²) in [6.45, 7) is 9.96. The second-order valence-electron chi connectivity index (χ2n) is 8.78. The Hall–Kier alpha value is -1.94. The molecule has 1 fully saturated rings. The lowest BCUT2D eigenvalue weighted by molar-refractivity contribution is 0.134. The minimum atomic E-state index is -0.279. The molecule has 2 heterocycles. The fourth-order valence-corrected chi connectivity index (χ4v) is 4.45. The van der Waals surface area contributed by atoms with Crippen molar-refractivity contribution < 1.29 is 8.78 Å². The van der Waals surface area contributed by atoms with Gasteiger partial charge in [0.25, 0.3) is 0 Å². The van der Waals surface area contributed by atoms with E-state index in [1.165, 1.54) is 24.3 Å². The highest BCUT2D eigenvalue weighted by atomic mass is 19.1. The van der Waals surface area contributed by atoms with Crippen LogP contribution in [0.25, 0.3) is 21.8 Å². The van der Waals surface area contributed by atoms with E-state index in [1.807, 2.05) is 12.1 Å². The number of aromatic nitrogens is 1. The Morgan fingerprint density at radius 3 is 2.08 bits per heavy atom. The van der Waals surface area contributed by atoms with Crippen LogP contribution in [0, 0.1) is 17.0 Å². The fourth-order valence-electron chi connectivity index (χ4n) is 4.45. The Kier molecular flexibility index (Phi) is 4.26. The molecule has 2 aromatic carbocycles. The molecule has 0 amide bonds. The van der Waals surface area contributed by atoms with Crippen LogP contribution in [0.4, 0.5) is 8.78 Å². The maximum absolute atomic E-state index is 13.9. The Bertz CT molecular complexity index is 893. The van der Waals surface area contributed by atoms with Crippen molar-refractivity contribution in [3.05, 3.63) is 48.0 Å². The van der Waals surface area contributed by atoms with E-state index in [0.717, 1.165) is 54.3 Å². The number of hydrogen-bond donors (Lipinski definition) is 0. The van der Waals surface area contributed by atoms with Gasteiger partial charge in [-0.2, -0.15) is 0 Å². The van der Waals surface area contributed by atoms with Gasteiger partial charge in [0.05, 0.1) is 0 Å². The van der Waals surface area contributed by atoms with E-state index in [0.29, 0.717) is 6.04 Å². The molecular formula is C22H26F2N2. The highest BCUT2D eigenvalue weighted by molar-refractivity contribution is 6.08. The van der Waals surface area contributed by atoms with E-state index in [9.17, 15) is 8.78 Å². The van der Waals surface area contributed by atoms with Gasteiger partial charge >= 0.3 is 0 Å². The van der Waals surface area contributed by atoms with Crippen molar-refractivity contribution in [2.24, 2.45) is 5.41 Å². The highest BCUT2D eigenvalue weighted by Gasteiger charge is 2.27. The molecule has 1 aliphatic rings. The van der Waals surface area contributed by atoms with Crippen LogP contribution >= 0.6 is 0 Å². The Morgan fingerprint density at radius 1 is 0.962 bits per heavy atom. The number of halogens is 2. The number of piperidine rings is 1. The summed E-state index contributed by atoms with van der Waals surface area (Å²) < 4.78 is 30.0. The van der Waals surface area contributed by atoms with Crippen molar-refractivity contribution >= 4 is 21.8 Å². The molecule has 0 bridgehead atoms. The van der Waals surface area contributed by atoms with Gasteiger partial charge < -0.3 is 9.47 Å². The number of nitrogens with zero attached hydrogens (tertiary/aromatic N) is 2. The molecule has 0 spiro atoms. The topological polar surface area (TPSA) is 8.17 Å². The number of fused-ring (bicyclic) bond motifs is 3. The van der Waals surface area contributed by atoms with Crippen molar-refractivity contribution in [2.75, 3.05) is 19.6 Å². The first kappa shape index (κ1) is 17.5. The third-order valence-electron chi connectivity index (χ3n) is 5.27. The quantitative estimate of drug-likeness (QED) is 0.567. The number of rotatable bonds is 2. The molecule has 1 atom stereocenters. The molecular weight excluding hydrogens is 330 g/mol. The SMILES string of the molecule is CC(C)(C)CN1CCC[C@H](n2c3ccc(F)cc3c3cc(F)ccc32)C1. The largest absolute Gasteiger partial charge is 0.336 e. The van der Waals surface area contributed by atoms with E-state index in [4.69, 9.17) is 0 Å². The number of benzene rings is 2. The van der Waals surface area contributed by atoms with Crippen LogP contribution in [0.1, 0.15) is 39.7 Å². The molecule has 0 unspecified atom stereocenters. The molecule has 138 valence electrons. The standard InChI is InChI=1S/C22H26F2N2/c1-22(2,3)14-25-10-4-5-17(13-25)26-20-8-6-15(23)11-18(20)19-12-16(24)7-9-21(19)26/h6-9,11-12,17H,4-5,10,13-14H2,1-3H3/t17-/m0/s1. The Balaban J connectivity index is 1.82. The Labute approximate surface area is 153 Å². The lowest BCUT2D eigenvalue weighted by Gasteiger charge is -2.37. The van der Waals surface area contributed by atoms with Crippen LogP contribution < -0.4 is 0 Å². The zero-order chi connectivity index (χ0) is 18.5. The summed E-state index contributed by atoms with van der Waals surface area (Å²) in [5, 5.41) is 1.60. The summed E-state index contributed by atoms with van der Waals surface area (Å²) in [5.41, 5.74) is 2.25. The number of hydrogen-bond acceptors (Lipinski definition) is 1. The van der Waals surface area contributed by atoms with Crippen LogP contribution in [0.5, 0.6) is 0 Å². The van der Waals surface area contributed by atoms with E-state index >= 15 is 0 Å². The summed E-state index contributed by atoms with van der Waals surface area (Å²) in [6.07, 6.45) is 2.23. The minimum absolute atomic E-state index is 0.259. The lowest BCUT2D eigenvalue weighted by atomic mass is 9.94. The van der Waals surface area contributed by atoms with Gasteiger partial charge in [0.2, 0.25) is 0 Å². The first-order chi connectivity index (χ1) is 12.3. The second-order valence-corrected chi connectivity index (χ2v) is 8.78. The predicted octanol–water partition coefficient (Wildman–Crippen LogP) is 5.76. The first-order valence-electron chi connectivity index (χ1n) is 9.43. The zero-order valence-electron chi connectivity index (χ0n) is 15.7. The van der Waals surface area contributed by atoms with Gasteiger partial charge in [-0.3, -0.25) is 0 Å². The lowest BCUT2D eigenvalue weighted by Crippen LogP contribution is -2.41. The van der Waals surface area contributed by atoms with E-state index in [1.54, 1.807) is 0 Å². The van der Waals surface area contributed by atoms with Crippen molar-refractivity contribution in [1.29, 1.82) is 0 Å². The molecule has 0 aliphatic carbocycles. The molecule has 1 aliphatic heterocycles. The van der Waals surface area contributed by atoms with E-state index in [2.05, 4.69) is 30.2 Å². The maximum Gasteiger partial charge on any atom is 0.123 e. The smallest absolute Gasteiger partial charge is 0.123 e. The average molecular weight is 356 g/mol. The van der Waals surface area contributed by atoms with Crippen LogP contribution in [0.3, 0.4) is 0 Å². The summed E-state index contributed by atoms with van der Waals surface area (Å²) in [4.78, 5) is 2.53. The summed E-state index contributed by atoms with van der Waals surface area (Å²) in [6, 6.07) is 10.1. The van der Waals surface area contributed by atoms with E-state index in [-0.39, 0.29) is 17.0 Å². The fraction of sp³-hybridized carbons (Fsp3) is 0.455. The average Bonchev–Trinajstić information content (AvgIpc) is 2.86.